The summed E-state index contributed by atoms with van der Waals surface area (Å²) >= 11 is 8.40. The lowest BCUT2D eigenvalue weighted by atomic mass is 10.1. The van der Waals surface area contributed by atoms with Crippen LogP contribution < -0.4 is 5.32 Å². The van der Waals surface area contributed by atoms with Crippen LogP contribution in [0.3, 0.4) is 0 Å². The van der Waals surface area contributed by atoms with E-state index in [-0.39, 0.29) is 12.3 Å². The van der Waals surface area contributed by atoms with E-state index in [1.807, 2.05) is 35.7 Å². The van der Waals surface area contributed by atoms with Crippen molar-refractivity contribution in [2.45, 2.75) is 13.3 Å². The van der Waals surface area contributed by atoms with Gasteiger partial charge >= 0.3 is 0 Å². The first-order valence-electron chi connectivity index (χ1n) is 7.27. The fraction of sp³-hybridized carbons (Fsp3) is 0.111. The van der Waals surface area contributed by atoms with Crippen molar-refractivity contribution in [1.82, 2.24) is 4.98 Å². The first kappa shape index (κ1) is 17.3. The van der Waals surface area contributed by atoms with Crippen molar-refractivity contribution in [3.63, 3.8) is 0 Å². The Morgan fingerprint density at radius 1 is 1.21 bits per heavy atom. The maximum Gasteiger partial charge on any atom is 0.230 e. The average molecular weight is 466 g/mol. The molecule has 1 N–H and O–H groups in total. The molecular weight excluding hydrogens is 452 g/mol. The third-order valence-corrected chi connectivity index (χ3v) is 5.45. The number of nitrogens with one attached hydrogen (secondary N) is 1. The number of halogens is 2. The maximum atomic E-state index is 12.2. The van der Waals surface area contributed by atoms with Crippen molar-refractivity contribution in [3.05, 3.63) is 68.0 Å². The minimum atomic E-state index is -0.0842. The lowest BCUT2D eigenvalue weighted by Crippen LogP contribution is -2.14. The third kappa shape index (κ3) is 4.32. The van der Waals surface area contributed by atoms with Crippen molar-refractivity contribution in [1.29, 1.82) is 0 Å². The Labute approximate surface area is 161 Å². The van der Waals surface area contributed by atoms with Crippen LogP contribution in [0.2, 0.25) is 0 Å². The highest BCUT2D eigenvalue weighted by molar-refractivity contribution is 9.11. The summed E-state index contributed by atoms with van der Waals surface area (Å²) in [7, 11) is 0. The van der Waals surface area contributed by atoms with Crippen molar-refractivity contribution in [2.75, 3.05) is 5.32 Å². The van der Waals surface area contributed by atoms with Crippen LogP contribution in [0.5, 0.6) is 0 Å². The number of rotatable bonds is 4. The predicted octanol–water partition coefficient (Wildman–Crippen LogP) is 5.82. The first-order valence-corrected chi connectivity index (χ1v) is 9.74. The monoisotopic (exact) mass is 464 g/mol. The van der Waals surface area contributed by atoms with Crippen LogP contribution in [-0.4, -0.2) is 10.9 Å². The zero-order valence-electron chi connectivity index (χ0n) is 12.8. The first-order chi connectivity index (χ1) is 11.5. The maximum absolute atomic E-state index is 12.2. The number of aromatic nitrogens is 1. The van der Waals surface area contributed by atoms with E-state index in [9.17, 15) is 4.79 Å². The molecule has 0 aliphatic carbocycles. The molecule has 3 rings (SSSR count). The second-order valence-electron chi connectivity index (χ2n) is 5.36. The molecule has 2 aromatic carbocycles. The fourth-order valence-corrected chi connectivity index (χ4v) is 4.21. The summed E-state index contributed by atoms with van der Waals surface area (Å²) in [6, 6.07) is 13.8. The van der Waals surface area contributed by atoms with Gasteiger partial charge in [0.25, 0.3) is 0 Å². The van der Waals surface area contributed by atoms with Crippen LogP contribution in [0.4, 0.5) is 5.69 Å². The second-order valence-corrected chi connectivity index (χ2v) is 7.99. The normalized spacial score (nSPS) is 10.6. The Kier molecular flexibility index (Phi) is 5.48. The number of amides is 1. The summed E-state index contributed by atoms with van der Waals surface area (Å²) in [5, 5.41) is 5.78. The summed E-state index contributed by atoms with van der Waals surface area (Å²) in [6.07, 6.45) is 0.255. The molecule has 1 heterocycles. The Balaban J connectivity index is 1.69. The lowest BCUT2D eigenvalue weighted by molar-refractivity contribution is -0.115. The number of benzene rings is 2. The Bertz CT molecular complexity index is 892. The number of nitrogens with zero attached hydrogens (tertiary/aromatic N) is 1. The van der Waals surface area contributed by atoms with Crippen LogP contribution in [0.15, 0.2) is 56.8 Å². The number of carbonyl (C=O) groups is 1. The van der Waals surface area contributed by atoms with E-state index in [0.29, 0.717) is 0 Å². The van der Waals surface area contributed by atoms with Gasteiger partial charge in [-0.15, -0.1) is 11.3 Å². The highest BCUT2D eigenvalue weighted by Gasteiger charge is 2.11. The van der Waals surface area contributed by atoms with Crippen LogP contribution in [-0.2, 0) is 11.2 Å². The predicted molar refractivity (Wildman–Crippen MR) is 106 cm³/mol. The molecule has 0 aliphatic heterocycles. The molecule has 0 unspecified atom stereocenters. The van der Waals surface area contributed by atoms with Crippen LogP contribution in [0, 0.1) is 6.92 Å². The number of carbonyl (C=O) groups excluding carboxylic acids is 1. The number of thiazole rings is 1. The van der Waals surface area contributed by atoms with Crippen LogP contribution in [0.25, 0.3) is 10.6 Å². The topological polar surface area (TPSA) is 42.0 Å². The molecule has 122 valence electrons. The third-order valence-electron chi connectivity index (χ3n) is 3.36. The molecule has 0 spiro atoms. The number of anilines is 1. The van der Waals surface area contributed by atoms with Gasteiger partial charge in [0.2, 0.25) is 5.91 Å². The summed E-state index contributed by atoms with van der Waals surface area (Å²) in [6.45, 7) is 2.06. The van der Waals surface area contributed by atoms with E-state index in [1.54, 1.807) is 11.3 Å². The number of hydrogen-bond acceptors (Lipinski definition) is 3. The molecule has 0 aliphatic rings. The molecule has 0 saturated carbocycles. The highest BCUT2D eigenvalue weighted by atomic mass is 79.9. The molecule has 1 aromatic heterocycles. The molecule has 3 nitrogen and oxygen atoms in total. The zero-order valence-corrected chi connectivity index (χ0v) is 16.8. The van der Waals surface area contributed by atoms with E-state index in [0.717, 1.165) is 30.9 Å². The summed E-state index contributed by atoms with van der Waals surface area (Å²) in [5.41, 5.74) is 3.81. The standard InChI is InChI=1S/C18H14Br2N2OS/c1-11-3-2-4-12(7-11)18-21-14(10-24-18)9-17(23)22-16-6-5-13(19)8-15(16)20/h2-8,10H,9H2,1H3,(H,22,23). The van der Waals surface area contributed by atoms with Gasteiger partial charge in [-0.05, 0) is 47.1 Å². The van der Waals surface area contributed by atoms with Crippen LogP contribution >= 0.6 is 43.2 Å². The minimum absolute atomic E-state index is 0.0842. The quantitative estimate of drug-likeness (QED) is 0.527. The molecule has 0 fully saturated rings. The molecule has 0 atom stereocenters. The van der Waals surface area contributed by atoms with Gasteiger partial charge in [-0.3, -0.25) is 4.79 Å². The Morgan fingerprint density at radius 3 is 2.79 bits per heavy atom. The molecule has 0 bridgehead atoms. The van der Waals surface area contributed by atoms with Crippen molar-refractivity contribution in [3.8, 4) is 10.6 Å². The van der Waals surface area contributed by atoms with Gasteiger partial charge in [-0.1, -0.05) is 39.7 Å². The van der Waals surface area contributed by atoms with Gasteiger partial charge in [0, 0.05) is 19.9 Å². The molecule has 0 radical (unpaired) electrons. The second kappa shape index (κ2) is 7.59. The summed E-state index contributed by atoms with van der Waals surface area (Å²) in [5.74, 6) is -0.0842. The number of aryl methyl sites for hydroxylation is 1. The van der Waals surface area contributed by atoms with Crippen molar-refractivity contribution in [2.24, 2.45) is 0 Å². The fourth-order valence-electron chi connectivity index (χ4n) is 2.25. The molecule has 0 saturated heterocycles. The van der Waals surface area contributed by atoms with E-state index < -0.39 is 0 Å². The van der Waals surface area contributed by atoms with Crippen LogP contribution in [0.1, 0.15) is 11.3 Å². The molecule has 3 aromatic rings. The van der Waals surface area contributed by atoms with Gasteiger partial charge in [-0.25, -0.2) is 4.98 Å². The minimum Gasteiger partial charge on any atom is -0.325 e. The highest BCUT2D eigenvalue weighted by Crippen LogP contribution is 2.27. The van der Waals surface area contributed by atoms with Gasteiger partial charge in [0.1, 0.15) is 5.01 Å². The Hall–Kier alpha value is -1.50. The van der Waals surface area contributed by atoms with E-state index in [2.05, 4.69) is 61.2 Å². The van der Waals surface area contributed by atoms with Gasteiger partial charge in [-0.2, -0.15) is 0 Å². The van der Waals surface area contributed by atoms with Crippen molar-refractivity contribution >= 4 is 54.8 Å². The SMILES string of the molecule is Cc1cccc(-c2nc(CC(=O)Nc3ccc(Br)cc3Br)cs2)c1. The van der Waals surface area contributed by atoms with Crippen molar-refractivity contribution < 1.29 is 4.79 Å². The smallest absolute Gasteiger partial charge is 0.230 e. The number of hydrogen-bond donors (Lipinski definition) is 1. The lowest BCUT2D eigenvalue weighted by Gasteiger charge is -2.06. The van der Waals surface area contributed by atoms with Gasteiger partial charge in [0.15, 0.2) is 0 Å². The molecule has 6 heteroatoms. The summed E-state index contributed by atoms with van der Waals surface area (Å²) < 4.78 is 1.79. The Morgan fingerprint density at radius 2 is 2.04 bits per heavy atom. The van der Waals surface area contributed by atoms with Gasteiger partial charge in [0.05, 0.1) is 17.8 Å². The molecular formula is C18H14Br2N2OS. The van der Waals surface area contributed by atoms with E-state index >= 15 is 0 Å². The average Bonchev–Trinajstić information content (AvgIpc) is 2.98. The summed E-state index contributed by atoms with van der Waals surface area (Å²) in [4.78, 5) is 16.8. The van der Waals surface area contributed by atoms with Gasteiger partial charge < -0.3 is 5.32 Å². The molecule has 1 amide bonds. The van der Waals surface area contributed by atoms with E-state index in [4.69, 9.17) is 0 Å². The zero-order chi connectivity index (χ0) is 17.1. The largest absolute Gasteiger partial charge is 0.325 e. The molecule has 24 heavy (non-hydrogen) atoms. The van der Waals surface area contributed by atoms with E-state index in [1.165, 1.54) is 5.56 Å².